The van der Waals surface area contributed by atoms with Crippen LogP contribution in [0.1, 0.15) is 43.6 Å². The smallest absolute Gasteiger partial charge is 0.00533 e. The fraction of sp³-hybridized carbons (Fsp3) is 1.00. The second-order valence-corrected chi connectivity index (χ2v) is 2.79. The fourth-order valence-corrected chi connectivity index (χ4v) is 0. The zero-order chi connectivity index (χ0) is 8.57. The Kier molecular flexibility index (Phi) is 77.4. The van der Waals surface area contributed by atoms with E-state index in [0.717, 1.165) is 13.1 Å². The molecule has 0 unspecified atom stereocenters. The van der Waals surface area contributed by atoms with Crippen molar-refractivity contribution in [3.05, 3.63) is 0 Å². The molecule has 0 N–H and O–H groups in total. The van der Waals surface area contributed by atoms with E-state index >= 15 is 0 Å². The lowest BCUT2D eigenvalue weighted by atomic mass is 10.7. The average Bonchev–Trinajstić information content (AvgIpc) is 1.89. The lowest BCUT2D eigenvalue weighted by Crippen LogP contribution is -2.08. The highest BCUT2D eigenvalue weighted by atomic mass is 15.0. The molecule has 0 aromatic heterocycles. The van der Waals surface area contributed by atoms with Gasteiger partial charge in [0.2, 0.25) is 0 Å². The molecule has 2 nitrogen and oxygen atoms in total. The topological polar surface area (TPSA) is 6.48 Å². The second kappa shape index (κ2) is 29.3. The molecule has 0 amide bonds. The Morgan fingerprint density at radius 1 is 0.571 bits per heavy atom. The standard InChI is InChI=1S/2C4H11N.4CH4/c2*1-4-5(2)3;;;;/h2*4H2,1-3H3;4*1H4. The molecule has 0 atom stereocenters. The lowest BCUT2D eigenvalue weighted by molar-refractivity contribution is 0.434. The molecular formula is C12H38N2. The Hall–Kier alpha value is -0.0800. The molecule has 0 saturated heterocycles. The Morgan fingerprint density at radius 3 is 0.643 bits per heavy atom. The number of hydrogen-bond acceptors (Lipinski definition) is 2. The van der Waals surface area contributed by atoms with Crippen LogP contribution in [0.5, 0.6) is 0 Å². The van der Waals surface area contributed by atoms with Gasteiger partial charge in [-0.15, -0.1) is 0 Å². The zero-order valence-electron chi connectivity index (χ0n) is 8.31. The summed E-state index contributed by atoms with van der Waals surface area (Å²) in [6, 6.07) is 0. The van der Waals surface area contributed by atoms with Gasteiger partial charge in [-0.25, -0.2) is 0 Å². The molecule has 0 spiro atoms. The second-order valence-electron chi connectivity index (χ2n) is 2.79. The minimum absolute atomic E-state index is 0. The highest BCUT2D eigenvalue weighted by Gasteiger charge is 1.72. The first-order valence-electron chi connectivity index (χ1n) is 3.84. The van der Waals surface area contributed by atoms with Crippen molar-refractivity contribution < 1.29 is 0 Å². The van der Waals surface area contributed by atoms with Gasteiger partial charge >= 0.3 is 0 Å². The van der Waals surface area contributed by atoms with Gasteiger partial charge in [-0.2, -0.15) is 0 Å². The third-order valence-corrected chi connectivity index (χ3v) is 1.26. The summed E-state index contributed by atoms with van der Waals surface area (Å²) in [5.74, 6) is 0. The Balaban J connectivity index is -0.0000000178. The maximum Gasteiger partial charge on any atom is -0.00533 e. The first-order valence-corrected chi connectivity index (χ1v) is 3.84. The Labute approximate surface area is 95.3 Å². The molecule has 0 fully saturated rings. The molecule has 14 heavy (non-hydrogen) atoms. The molecular weight excluding hydrogens is 172 g/mol. The van der Waals surface area contributed by atoms with Crippen LogP contribution >= 0.6 is 0 Å². The minimum atomic E-state index is 0. The summed E-state index contributed by atoms with van der Waals surface area (Å²) in [5.41, 5.74) is 0. The van der Waals surface area contributed by atoms with E-state index in [4.69, 9.17) is 0 Å². The van der Waals surface area contributed by atoms with Gasteiger partial charge in [0.1, 0.15) is 0 Å². The van der Waals surface area contributed by atoms with Crippen molar-refractivity contribution in [1.82, 2.24) is 9.80 Å². The van der Waals surface area contributed by atoms with E-state index in [2.05, 4.69) is 51.8 Å². The van der Waals surface area contributed by atoms with Crippen LogP contribution in [0.25, 0.3) is 0 Å². The van der Waals surface area contributed by atoms with E-state index in [1.54, 1.807) is 0 Å². The van der Waals surface area contributed by atoms with Gasteiger partial charge in [-0.3, -0.25) is 0 Å². The molecule has 0 aliphatic carbocycles. The van der Waals surface area contributed by atoms with Gasteiger partial charge in [0.15, 0.2) is 0 Å². The van der Waals surface area contributed by atoms with Crippen molar-refractivity contribution >= 4 is 0 Å². The van der Waals surface area contributed by atoms with E-state index in [-0.39, 0.29) is 29.7 Å². The van der Waals surface area contributed by atoms with Crippen LogP contribution in [-0.2, 0) is 0 Å². The summed E-state index contributed by atoms with van der Waals surface area (Å²) in [4.78, 5) is 4.25. The molecule has 96 valence electrons. The molecule has 0 bridgehead atoms. The van der Waals surface area contributed by atoms with E-state index < -0.39 is 0 Å². The predicted octanol–water partition coefficient (Wildman–Crippen LogP) is 3.68. The molecule has 0 rings (SSSR count). The average molecular weight is 210 g/mol. The largest absolute Gasteiger partial charge is 0.310 e. The summed E-state index contributed by atoms with van der Waals surface area (Å²) in [6.45, 7) is 6.53. The van der Waals surface area contributed by atoms with Gasteiger partial charge in [-0.05, 0) is 41.3 Å². The summed E-state index contributed by atoms with van der Waals surface area (Å²) < 4.78 is 0. The quantitative estimate of drug-likeness (QED) is 0.686. The molecule has 0 radical (unpaired) electrons. The van der Waals surface area contributed by atoms with Crippen molar-refractivity contribution in [1.29, 1.82) is 0 Å². The van der Waals surface area contributed by atoms with Crippen molar-refractivity contribution in [3.63, 3.8) is 0 Å². The van der Waals surface area contributed by atoms with E-state index in [1.165, 1.54) is 0 Å². The predicted molar refractivity (Wildman–Crippen MR) is 75.4 cm³/mol. The third kappa shape index (κ3) is 92.5. The normalized spacial score (nSPS) is 6.86. The number of nitrogens with zero attached hydrogens (tertiary/aromatic N) is 2. The minimum Gasteiger partial charge on any atom is -0.310 e. The molecule has 0 heterocycles. The van der Waals surface area contributed by atoms with Gasteiger partial charge in [0.25, 0.3) is 0 Å². The van der Waals surface area contributed by atoms with Crippen LogP contribution < -0.4 is 0 Å². The third-order valence-electron chi connectivity index (χ3n) is 1.26. The zero-order valence-corrected chi connectivity index (χ0v) is 8.31. The first-order chi connectivity index (χ1) is 4.54. The Morgan fingerprint density at radius 2 is 0.643 bits per heavy atom. The SMILES string of the molecule is C.C.C.C.CCN(C)C.CCN(C)C. The van der Waals surface area contributed by atoms with Gasteiger partial charge in [0, 0.05) is 0 Å². The molecule has 0 aliphatic rings. The maximum atomic E-state index is 2.12. The van der Waals surface area contributed by atoms with Crippen LogP contribution in [0.15, 0.2) is 0 Å². The fourth-order valence-electron chi connectivity index (χ4n) is 0. The summed E-state index contributed by atoms with van der Waals surface area (Å²) in [5, 5.41) is 0. The number of rotatable bonds is 2. The summed E-state index contributed by atoms with van der Waals surface area (Å²) in [7, 11) is 8.22. The molecule has 0 aromatic rings. The highest BCUT2D eigenvalue weighted by Crippen LogP contribution is 1.64. The molecule has 0 saturated carbocycles. The van der Waals surface area contributed by atoms with Gasteiger partial charge in [-0.1, -0.05) is 43.6 Å². The summed E-state index contributed by atoms with van der Waals surface area (Å²) in [6.07, 6.45) is 0. The highest BCUT2D eigenvalue weighted by molar-refractivity contribution is 4.26. The summed E-state index contributed by atoms with van der Waals surface area (Å²) >= 11 is 0. The molecule has 0 aromatic carbocycles. The van der Waals surface area contributed by atoms with Crippen molar-refractivity contribution in [2.45, 2.75) is 43.6 Å². The maximum absolute atomic E-state index is 2.12. The Bertz CT molecular complexity index is 44.3. The van der Waals surface area contributed by atoms with Crippen LogP contribution in [0.3, 0.4) is 0 Å². The lowest BCUT2D eigenvalue weighted by Gasteiger charge is -2.00. The van der Waals surface area contributed by atoms with Crippen LogP contribution in [0.2, 0.25) is 0 Å². The van der Waals surface area contributed by atoms with Crippen molar-refractivity contribution in [2.24, 2.45) is 0 Å². The van der Waals surface area contributed by atoms with Crippen molar-refractivity contribution in [3.8, 4) is 0 Å². The van der Waals surface area contributed by atoms with Crippen molar-refractivity contribution in [2.75, 3.05) is 41.3 Å². The first kappa shape index (κ1) is 37.0. The monoisotopic (exact) mass is 210 g/mol. The molecule has 2 heteroatoms. The van der Waals surface area contributed by atoms with E-state index in [9.17, 15) is 0 Å². The van der Waals surface area contributed by atoms with Crippen LogP contribution in [0.4, 0.5) is 0 Å². The van der Waals surface area contributed by atoms with Gasteiger partial charge in [0.05, 0.1) is 0 Å². The molecule has 0 aliphatic heterocycles. The van der Waals surface area contributed by atoms with Crippen LogP contribution in [0, 0.1) is 0 Å². The van der Waals surface area contributed by atoms with E-state index in [0.29, 0.717) is 0 Å². The van der Waals surface area contributed by atoms with E-state index in [1.807, 2.05) is 0 Å². The number of hydrogen-bond donors (Lipinski definition) is 0. The van der Waals surface area contributed by atoms with Gasteiger partial charge < -0.3 is 9.80 Å². The van der Waals surface area contributed by atoms with Crippen LogP contribution in [-0.4, -0.2) is 51.1 Å².